The van der Waals surface area contributed by atoms with E-state index in [0.29, 0.717) is 49.0 Å². The maximum absolute atomic E-state index is 14.9. The Bertz CT molecular complexity index is 1190. The number of hydrogen-bond acceptors (Lipinski definition) is 4. The van der Waals surface area contributed by atoms with E-state index >= 15 is 0 Å². The van der Waals surface area contributed by atoms with Crippen molar-refractivity contribution in [3.8, 4) is 16.9 Å². The van der Waals surface area contributed by atoms with Gasteiger partial charge < -0.3 is 14.6 Å². The summed E-state index contributed by atoms with van der Waals surface area (Å²) in [6.45, 7) is 2.57. The molecule has 4 nitrogen and oxygen atoms in total. The summed E-state index contributed by atoms with van der Waals surface area (Å²) < 4.78 is 54.6. The number of hydrogen-bond donors (Lipinski definition) is 1. The third kappa shape index (κ3) is 5.74. The van der Waals surface area contributed by atoms with E-state index in [0.717, 1.165) is 0 Å². The van der Waals surface area contributed by atoms with E-state index in [-0.39, 0.29) is 35.5 Å². The molecule has 0 bridgehead atoms. The topological polar surface area (TPSA) is 55.8 Å². The first kappa shape index (κ1) is 24.9. The van der Waals surface area contributed by atoms with Crippen LogP contribution >= 0.6 is 0 Å². The summed E-state index contributed by atoms with van der Waals surface area (Å²) in [5.74, 6) is -3.35. The number of carbonyl (C=O) groups excluding carboxylic acids is 1. The van der Waals surface area contributed by atoms with Crippen molar-refractivity contribution in [2.75, 3.05) is 6.61 Å². The fourth-order valence-electron chi connectivity index (χ4n) is 4.39. The van der Waals surface area contributed by atoms with Crippen LogP contribution in [0, 0.1) is 17.5 Å². The minimum Gasteiger partial charge on any atom is -0.423 e. The summed E-state index contributed by atoms with van der Waals surface area (Å²) in [4.78, 5) is 12.4. The van der Waals surface area contributed by atoms with Crippen LogP contribution in [-0.2, 0) is 11.3 Å². The average Bonchev–Trinajstić information content (AvgIpc) is 2.85. The van der Waals surface area contributed by atoms with E-state index < -0.39 is 23.4 Å². The Hall–Kier alpha value is -3.16. The molecule has 4 rings (SSSR count). The molecule has 1 N–H and O–H groups in total. The molecule has 3 aromatic carbocycles. The van der Waals surface area contributed by atoms with Crippen molar-refractivity contribution < 1.29 is 32.5 Å². The molecule has 0 heterocycles. The number of rotatable bonds is 7. The second-order valence-electron chi connectivity index (χ2n) is 8.70. The van der Waals surface area contributed by atoms with Gasteiger partial charge in [-0.2, -0.15) is 0 Å². The fourth-order valence-corrected chi connectivity index (χ4v) is 4.39. The van der Waals surface area contributed by atoms with Crippen molar-refractivity contribution in [1.29, 1.82) is 0 Å². The molecule has 1 aliphatic carbocycles. The van der Waals surface area contributed by atoms with E-state index in [4.69, 9.17) is 9.47 Å². The molecule has 0 spiro atoms. The molecule has 0 atom stereocenters. The van der Waals surface area contributed by atoms with Crippen molar-refractivity contribution in [2.24, 2.45) is 0 Å². The van der Waals surface area contributed by atoms with Gasteiger partial charge in [-0.15, -0.1) is 0 Å². The first-order valence-electron chi connectivity index (χ1n) is 11.7. The highest BCUT2D eigenvalue weighted by Crippen LogP contribution is 2.37. The first-order chi connectivity index (χ1) is 16.9. The van der Waals surface area contributed by atoms with Crippen LogP contribution in [-0.4, -0.2) is 23.8 Å². The molecule has 3 aromatic rings. The average molecular weight is 485 g/mol. The zero-order valence-corrected chi connectivity index (χ0v) is 19.4. The van der Waals surface area contributed by atoms with Gasteiger partial charge in [0.25, 0.3) is 0 Å². The van der Waals surface area contributed by atoms with E-state index in [9.17, 15) is 23.1 Å². The van der Waals surface area contributed by atoms with Crippen LogP contribution in [0.1, 0.15) is 60.0 Å². The van der Waals surface area contributed by atoms with Gasteiger partial charge in [-0.3, -0.25) is 0 Å². The second kappa shape index (κ2) is 11.1. The Labute approximate surface area is 202 Å². The maximum atomic E-state index is 14.9. The monoisotopic (exact) mass is 484 g/mol. The minimum atomic E-state index is -0.937. The predicted molar refractivity (Wildman–Crippen MR) is 126 cm³/mol. The van der Waals surface area contributed by atoms with E-state index in [1.807, 2.05) is 6.92 Å². The molecular formula is C28H27F3O4. The lowest BCUT2D eigenvalue weighted by Crippen LogP contribution is -2.18. The first-order valence-corrected chi connectivity index (χ1v) is 11.7. The van der Waals surface area contributed by atoms with Gasteiger partial charge in [-0.25, -0.2) is 18.0 Å². The summed E-state index contributed by atoms with van der Waals surface area (Å²) in [6, 6.07) is 13.2. The Morgan fingerprint density at radius 2 is 1.66 bits per heavy atom. The number of benzene rings is 3. The molecule has 0 radical (unpaired) electrons. The van der Waals surface area contributed by atoms with Gasteiger partial charge in [-0.1, -0.05) is 30.3 Å². The summed E-state index contributed by atoms with van der Waals surface area (Å²) in [5, 5.41) is 9.66. The van der Waals surface area contributed by atoms with E-state index in [1.54, 1.807) is 18.2 Å². The van der Waals surface area contributed by atoms with Crippen molar-refractivity contribution in [1.82, 2.24) is 0 Å². The van der Waals surface area contributed by atoms with Crippen LogP contribution in [0.5, 0.6) is 5.75 Å². The Balaban J connectivity index is 1.46. The molecule has 0 unspecified atom stereocenters. The second-order valence-corrected chi connectivity index (χ2v) is 8.70. The van der Waals surface area contributed by atoms with Crippen LogP contribution in [0.25, 0.3) is 11.1 Å². The van der Waals surface area contributed by atoms with Gasteiger partial charge in [0, 0.05) is 12.2 Å². The highest BCUT2D eigenvalue weighted by Gasteiger charge is 2.25. The van der Waals surface area contributed by atoms with Gasteiger partial charge >= 0.3 is 5.97 Å². The normalized spacial score (nSPS) is 17.9. The molecule has 0 saturated heterocycles. The van der Waals surface area contributed by atoms with Gasteiger partial charge in [0.2, 0.25) is 0 Å². The van der Waals surface area contributed by atoms with Crippen LogP contribution in [0.15, 0.2) is 54.6 Å². The van der Waals surface area contributed by atoms with Crippen LogP contribution in [0.4, 0.5) is 13.2 Å². The Morgan fingerprint density at radius 1 is 0.943 bits per heavy atom. The van der Waals surface area contributed by atoms with Crippen LogP contribution in [0.3, 0.4) is 0 Å². The minimum absolute atomic E-state index is 0.0934. The van der Waals surface area contributed by atoms with Gasteiger partial charge in [0.05, 0.1) is 18.3 Å². The number of ether oxygens (including phenoxy) is 2. The zero-order valence-electron chi connectivity index (χ0n) is 19.4. The highest BCUT2D eigenvalue weighted by atomic mass is 19.2. The van der Waals surface area contributed by atoms with Crippen LogP contribution in [0.2, 0.25) is 0 Å². The smallest absolute Gasteiger partial charge is 0.346 e. The quantitative estimate of drug-likeness (QED) is 0.305. The van der Waals surface area contributed by atoms with E-state index in [2.05, 4.69) is 0 Å². The number of aliphatic hydroxyl groups is 1. The summed E-state index contributed by atoms with van der Waals surface area (Å²) in [7, 11) is 0. The van der Waals surface area contributed by atoms with Crippen molar-refractivity contribution in [3.63, 3.8) is 0 Å². The maximum Gasteiger partial charge on any atom is 0.346 e. The van der Waals surface area contributed by atoms with Crippen molar-refractivity contribution in [3.05, 3.63) is 88.7 Å². The molecule has 0 amide bonds. The Kier molecular flexibility index (Phi) is 7.88. The summed E-state index contributed by atoms with van der Waals surface area (Å²) in [6.07, 6.45) is 2.02. The lowest BCUT2D eigenvalue weighted by Gasteiger charge is -2.26. The van der Waals surface area contributed by atoms with Gasteiger partial charge in [0.15, 0.2) is 11.6 Å². The molecular weight excluding hydrogens is 457 g/mol. The molecule has 0 aromatic heterocycles. The SMILES string of the molecule is CCOCc1ccc(C(=O)Oc2ccc(-c3ccc(C4CCC(O)CC4)c(F)c3F)cc2)c(F)c1. The van der Waals surface area contributed by atoms with Gasteiger partial charge in [0.1, 0.15) is 11.6 Å². The highest BCUT2D eigenvalue weighted by molar-refractivity contribution is 5.91. The molecule has 1 aliphatic rings. The summed E-state index contributed by atoms with van der Waals surface area (Å²) >= 11 is 0. The molecule has 0 aliphatic heterocycles. The van der Waals surface area contributed by atoms with E-state index in [1.165, 1.54) is 36.4 Å². The summed E-state index contributed by atoms with van der Waals surface area (Å²) in [5.41, 5.74) is 1.23. The van der Waals surface area contributed by atoms with Crippen molar-refractivity contribution in [2.45, 2.75) is 51.2 Å². The molecule has 35 heavy (non-hydrogen) atoms. The fraction of sp³-hybridized carbons (Fsp3) is 0.321. The number of aliphatic hydroxyl groups excluding tert-OH is 1. The molecule has 1 saturated carbocycles. The number of esters is 1. The molecule has 184 valence electrons. The third-order valence-electron chi connectivity index (χ3n) is 6.35. The number of halogens is 3. The standard InChI is InChI=1S/C28H27F3O4/c1-2-34-16-17-3-12-24(25(29)15-17)28(33)35-21-10-6-19(7-11-21)23-14-13-22(26(30)27(23)31)18-4-8-20(32)9-5-18/h3,6-7,10-15,18,20,32H,2,4-5,8-9,16H2,1H3. The Morgan fingerprint density at radius 3 is 2.31 bits per heavy atom. The molecule has 7 heteroatoms. The zero-order chi connectivity index (χ0) is 24.9. The van der Waals surface area contributed by atoms with Crippen molar-refractivity contribution >= 4 is 5.97 Å². The van der Waals surface area contributed by atoms with Crippen LogP contribution < -0.4 is 4.74 Å². The third-order valence-corrected chi connectivity index (χ3v) is 6.35. The lowest BCUT2D eigenvalue weighted by atomic mass is 9.82. The number of carbonyl (C=O) groups is 1. The largest absolute Gasteiger partial charge is 0.423 e. The predicted octanol–water partition coefficient (Wildman–Crippen LogP) is 6.55. The van der Waals surface area contributed by atoms with Gasteiger partial charge in [-0.05, 0) is 79.5 Å². The lowest BCUT2D eigenvalue weighted by molar-refractivity contribution is 0.0729. The molecule has 1 fully saturated rings.